The van der Waals surface area contributed by atoms with Crippen molar-refractivity contribution in [2.45, 2.75) is 0 Å². The molecule has 0 fully saturated rings. The minimum Gasteiger partial charge on any atom is -0.497 e. The van der Waals surface area contributed by atoms with E-state index in [0.29, 0.717) is 17.2 Å². The van der Waals surface area contributed by atoms with Gasteiger partial charge in [-0.15, -0.1) is 0 Å². The Morgan fingerprint density at radius 1 is 1.00 bits per heavy atom. The summed E-state index contributed by atoms with van der Waals surface area (Å²) in [6, 6.07) is 8.77. The summed E-state index contributed by atoms with van der Waals surface area (Å²) in [4.78, 5) is 3.80. The van der Waals surface area contributed by atoms with Crippen molar-refractivity contribution in [3.05, 3.63) is 42.7 Å². The normalized spacial score (nSPS) is 9.76. The van der Waals surface area contributed by atoms with Crippen LogP contribution in [0.4, 0.5) is 0 Å². The van der Waals surface area contributed by atoms with E-state index in [4.69, 9.17) is 14.2 Å². The van der Waals surface area contributed by atoms with E-state index in [9.17, 15) is 0 Å². The second-order valence-corrected chi connectivity index (χ2v) is 3.24. The van der Waals surface area contributed by atoms with Crippen LogP contribution in [0.3, 0.4) is 0 Å². The van der Waals surface area contributed by atoms with Gasteiger partial charge in [0.25, 0.3) is 0 Å². The fraction of sp³-hybridized carbons (Fsp3) is 0.154. The molecule has 4 heteroatoms. The van der Waals surface area contributed by atoms with Crippen LogP contribution >= 0.6 is 0 Å². The van der Waals surface area contributed by atoms with Crippen molar-refractivity contribution in [2.75, 3.05) is 14.2 Å². The Balaban J connectivity index is 2.26. The molecule has 0 aliphatic heterocycles. The molecule has 0 spiro atoms. The molecular weight excluding hydrogens is 218 g/mol. The number of hydrogen-bond donors (Lipinski definition) is 0. The Hall–Kier alpha value is -2.23. The summed E-state index contributed by atoms with van der Waals surface area (Å²) in [5.74, 6) is 2.60. The van der Waals surface area contributed by atoms with E-state index >= 15 is 0 Å². The van der Waals surface area contributed by atoms with E-state index in [-0.39, 0.29) is 0 Å². The lowest BCUT2D eigenvalue weighted by atomic mass is 10.3. The van der Waals surface area contributed by atoms with Gasteiger partial charge in [0.2, 0.25) is 0 Å². The van der Waals surface area contributed by atoms with E-state index in [1.165, 1.54) is 0 Å². The second kappa shape index (κ2) is 5.21. The van der Waals surface area contributed by atoms with Crippen molar-refractivity contribution < 1.29 is 14.2 Å². The van der Waals surface area contributed by atoms with Crippen molar-refractivity contribution in [1.82, 2.24) is 4.98 Å². The van der Waals surface area contributed by atoms with Crippen LogP contribution in [0.5, 0.6) is 23.0 Å². The molecule has 1 aromatic heterocycles. The lowest BCUT2D eigenvalue weighted by Gasteiger charge is -2.11. The molecule has 0 unspecified atom stereocenters. The molecule has 87 valence electrons. The van der Waals surface area contributed by atoms with Gasteiger partial charge in [0.1, 0.15) is 11.5 Å². The summed E-state index contributed by atoms with van der Waals surface area (Å²) in [6.07, 6.45) is 4.32. The summed E-state index contributed by atoms with van der Waals surface area (Å²) in [7, 11) is 3.19. The molecule has 0 aliphatic carbocycles. The van der Waals surface area contributed by atoms with Crippen LogP contribution in [0, 0.1) is 6.20 Å². The molecule has 1 heterocycles. The zero-order valence-electron chi connectivity index (χ0n) is 9.64. The van der Waals surface area contributed by atoms with Crippen molar-refractivity contribution >= 4 is 0 Å². The third-order valence-corrected chi connectivity index (χ3v) is 2.19. The smallest absolute Gasteiger partial charge is 0.169 e. The Morgan fingerprint density at radius 2 is 1.88 bits per heavy atom. The highest BCUT2D eigenvalue weighted by atomic mass is 16.5. The number of ether oxygens (including phenoxy) is 3. The monoisotopic (exact) mass is 230 g/mol. The predicted octanol–water partition coefficient (Wildman–Crippen LogP) is 2.69. The van der Waals surface area contributed by atoms with E-state index in [0.717, 1.165) is 5.75 Å². The average molecular weight is 230 g/mol. The quantitative estimate of drug-likeness (QED) is 0.809. The van der Waals surface area contributed by atoms with Crippen LogP contribution in [0.15, 0.2) is 36.5 Å². The number of benzene rings is 1. The maximum absolute atomic E-state index is 5.65. The maximum Gasteiger partial charge on any atom is 0.169 e. The first kappa shape index (κ1) is 11.3. The van der Waals surface area contributed by atoms with Crippen molar-refractivity contribution in [3.8, 4) is 23.0 Å². The highest BCUT2D eigenvalue weighted by molar-refractivity contribution is 5.47. The average Bonchev–Trinajstić information content (AvgIpc) is 2.40. The summed E-state index contributed by atoms with van der Waals surface area (Å²) < 4.78 is 16.0. The first-order valence-corrected chi connectivity index (χ1v) is 5.05. The molecule has 2 rings (SSSR count). The number of methoxy groups -OCH3 is 2. The lowest BCUT2D eigenvalue weighted by molar-refractivity contribution is 0.368. The maximum atomic E-state index is 5.65. The molecule has 0 N–H and O–H groups in total. The van der Waals surface area contributed by atoms with Gasteiger partial charge in [-0.25, -0.2) is 0 Å². The first-order valence-electron chi connectivity index (χ1n) is 5.05. The zero-order chi connectivity index (χ0) is 12.1. The topological polar surface area (TPSA) is 40.6 Å². The van der Waals surface area contributed by atoms with Gasteiger partial charge in [0.05, 0.1) is 20.4 Å². The molecular formula is C13H12NO3. The molecule has 1 radical (unpaired) electrons. The Morgan fingerprint density at radius 3 is 2.53 bits per heavy atom. The molecule has 4 nitrogen and oxygen atoms in total. The number of pyridine rings is 1. The molecule has 1 aromatic carbocycles. The summed E-state index contributed by atoms with van der Waals surface area (Å²) in [5, 5.41) is 0. The van der Waals surface area contributed by atoms with Gasteiger partial charge in [-0.3, -0.25) is 4.98 Å². The fourth-order valence-electron chi connectivity index (χ4n) is 1.35. The number of aromatic nitrogens is 1. The predicted molar refractivity (Wildman–Crippen MR) is 62.7 cm³/mol. The molecule has 17 heavy (non-hydrogen) atoms. The van der Waals surface area contributed by atoms with E-state index in [1.807, 2.05) is 6.07 Å². The van der Waals surface area contributed by atoms with Gasteiger partial charge < -0.3 is 14.2 Å². The molecule has 0 atom stereocenters. The summed E-state index contributed by atoms with van der Waals surface area (Å²) in [5.41, 5.74) is 0. The highest BCUT2D eigenvalue weighted by Crippen LogP contribution is 2.34. The summed E-state index contributed by atoms with van der Waals surface area (Å²) in [6.45, 7) is 0. The number of rotatable bonds is 4. The Bertz CT molecular complexity index is 485. The van der Waals surface area contributed by atoms with Gasteiger partial charge in [0, 0.05) is 18.3 Å². The van der Waals surface area contributed by atoms with Crippen LogP contribution < -0.4 is 14.2 Å². The Labute approximate surface area is 99.8 Å². The minimum absolute atomic E-state index is 0.612. The molecule has 0 aliphatic rings. The zero-order valence-corrected chi connectivity index (χ0v) is 9.64. The minimum atomic E-state index is 0.612. The first-order chi connectivity index (χ1) is 8.33. The fourth-order valence-corrected chi connectivity index (χ4v) is 1.35. The van der Waals surface area contributed by atoms with Crippen LogP contribution in [-0.4, -0.2) is 19.2 Å². The summed E-state index contributed by atoms with van der Waals surface area (Å²) >= 11 is 0. The lowest BCUT2D eigenvalue weighted by Crippen LogP contribution is -1.92. The van der Waals surface area contributed by atoms with E-state index in [1.54, 1.807) is 44.7 Å². The number of hydrogen-bond acceptors (Lipinski definition) is 4. The third kappa shape index (κ3) is 2.66. The third-order valence-electron chi connectivity index (χ3n) is 2.19. The molecule has 0 bridgehead atoms. The molecule has 0 amide bonds. The van der Waals surface area contributed by atoms with Crippen LogP contribution in [0.1, 0.15) is 0 Å². The molecule has 0 saturated carbocycles. The van der Waals surface area contributed by atoms with Crippen LogP contribution in [0.25, 0.3) is 0 Å². The van der Waals surface area contributed by atoms with Gasteiger partial charge in [-0.2, -0.15) is 0 Å². The van der Waals surface area contributed by atoms with Crippen molar-refractivity contribution in [2.24, 2.45) is 0 Å². The van der Waals surface area contributed by atoms with Crippen molar-refractivity contribution in [1.29, 1.82) is 0 Å². The van der Waals surface area contributed by atoms with Gasteiger partial charge in [-0.05, 0) is 18.2 Å². The molecule has 0 saturated heterocycles. The SMILES string of the molecule is COc1ccc(Oc2c[c]ncc2)c(OC)c1. The standard InChI is InChI=1S/C13H12NO3/c1-15-11-3-4-12(13(9-11)16-2)17-10-5-7-14-8-6-10/h3-7,9H,1-2H3. The van der Waals surface area contributed by atoms with E-state index in [2.05, 4.69) is 11.2 Å². The van der Waals surface area contributed by atoms with Gasteiger partial charge in [0.15, 0.2) is 11.5 Å². The molecule has 2 aromatic rings. The largest absolute Gasteiger partial charge is 0.497 e. The Kier molecular flexibility index (Phi) is 3.45. The van der Waals surface area contributed by atoms with Gasteiger partial charge in [-0.1, -0.05) is 0 Å². The van der Waals surface area contributed by atoms with E-state index < -0.39 is 0 Å². The van der Waals surface area contributed by atoms with Gasteiger partial charge >= 0.3 is 0 Å². The van der Waals surface area contributed by atoms with Crippen LogP contribution in [-0.2, 0) is 0 Å². The second-order valence-electron chi connectivity index (χ2n) is 3.24. The van der Waals surface area contributed by atoms with Crippen molar-refractivity contribution in [3.63, 3.8) is 0 Å². The highest BCUT2D eigenvalue weighted by Gasteiger charge is 2.07. The van der Waals surface area contributed by atoms with Crippen LogP contribution in [0.2, 0.25) is 0 Å². The number of nitrogens with zero attached hydrogens (tertiary/aromatic N) is 1.